The molecule has 0 amide bonds. The third-order valence-electron chi connectivity index (χ3n) is 2.83. The standard InChI is InChI=1S/C7H9BrF2/c8-5-4-6(5)2-1-3-7(6,9)10/h5H,1-4H2. The summed E-state index contributed by atoms with van der Waals surface area (Å²) >= 11 is 3.26. The van der Waals surface area contributed by atoms with Gasteiger partial charge in [-0.2, -0.15) is 0 Å². The summed E-state index contributed by atoms with van der Waals surface area (Å²) in [5, 5.41) is 0. The van der Waals surface area contributed by atoms with Crippen LogP contribution in [0.5, 0.6) is 0 Å². The first-order valence-corrected chi connectivity index (χ1v) is 4.52. The van der Waals surface area contributed by atoms with Crippen LogP contribution >= 0.6 is 15.9 Å². The zero-order valence-electron chi connectivity index (χ0n) is 5.54. The van der Waals surface area contributed by atoms with E-state index < -0.39 is 11.3 Å². The molecule has 58 valence electrons. The van der Waals surface area contributed by atoms with Crippen molar-refractivity contribution >= 4 is 15.9 Å². The zero-order chi connectivity index (χ0) is 7.41. The van der Waals surface area contributed by atoms with Crippen LogP contribution in [-0.2, 0) is 0 Å². The SMILES string of the molecule is FC1(F)CCCC12CC2Br. The molecular weight excluding hydrogens is 202 g/mol. The Morgan fingerprint density at radius 1 is 1.30 bits per heavy atom. The van der Waals surface area contributed by atoms with Gasteiger partial charge in [-0.1, -0.05) is 15.9 Å². The van der Waals surface area contributed by atoms with Crippen LogP contribution in [0.25, 0.3) is 0 Å². The third kappa shape index (κ3) is 0.648. The predicted molar refractivity (Wildman–Crippen MR) is 38.6 cm³/mol. The normalized spacial score (nSPS) is 50.1. The lowest BCUT2D eigenvalue weighted by Crippen LogP contribution is -2.24. The average Bonchev–Trinajstić information content (AvgIpc) is 2.34. The highest BCUT2D eigenvalue weighted by Crippen LogP contribution is 2.68. The van der Waals surface area contributed by atoms with Crippen molar-refractivity contribution in [1.82, 2.24) is 0 Å². The van der Waals surface area contributed by atoms with Gasteiger partial charge in [-0.05, 0) is 19.3 Å². The second kappa shape index (κ2) is 1.74. The lowest BCUT2D eigenvalue weighted by molar-refractivity contribution is -0.0485. The van der Waals surface area contributed by atoms with Crippen LogP contribution < -0.4 is 0 Å². The Hall–Kier alpha value is 0.340. The molecule has 0 bridgehead atoms. The molecule has 0 aromatic carbocycles. The van der Waals surface area contributed by atoms with E-state index in [4.69, 9.17) is 0 Å². The van der Waals surface area contributed by atoms with Crippen LogP contribution in [0.3, 0.4) is 0 Å². The predicted octanol–water partition coefficient (Wildman–Crippen LogP) is 2.96. The van der Waals surface area contributed by atoms with Crippen LogP contribution in [-0.4, -0.2) is 10.7 Å². The van der Waals surface area contributed by atoms with Gasteiger partial charge in [0.25, 0.3) is 5.92 Å². The molecule has 0 radical (unpaired) electrons. The van der Waals surface area contributed by atoms with Gasteiger partial charge in [-0.25, -0.2) is 8.78 Å². The quantitative estimate of drug-likeness (QED) is 0.540. The molecule has 2 unspecified atom stereocenters. The molecule has 0 nitrogen and oxygen atoms in total. The molecule has 2 aliphatic carbocycles. The van der Waals surface area contributed by atoms with Gasteiger partial charge in [-0.15, -0.1) is 0 Å². The lowest BCUT2D eigenvalue weighted by Gasteiger charge is -2.17. The second-order valence-electron chi connectivity index (χ2n) is 3.39. The van der Waals surface area contributed by atoms with E-state index in [1.165, 1.54) is 0 Å². The van der Waals surface area contributed by atoms with E-state index in [1.54, 1.807) is 0 Å². The first-order valence-electron chi connectivity index (χ1n) is 3.60. The fourth-order valence-electron chi connectivity index (χ4n) is 1.96. The molecule has 0 aromatic rings. The highest BCUT2D eigenvalue weighted by molar-refractivity contribution is 9.09. The summed E-state index contributed by atoms with van der Waals surface area (Å²) in [5.74, 6) is -2.37. The van der Waals surface area contributed by atoms with Gasteiger partial charge < -0.3 is 0 Å². The van der Waals surface area contributed by atoms with E-state index in [0.717, 1.165) is 6.42 Å². The Kier molecular flexibility index (Phi) is 1.22. The molecule has 0 aromatic heterocycles. The van der Waals surface area contributed by atoms with Crippen LogP contribution in [0.1, 0.15) is 25.7 Å². The number of rotatable bonds is 0. The van der Waals surface area contributed by atoms with Gasteiger partial charge in [0.15, 0.2) is 0 Å². The van der Waals surface area contributed by atoms with Gasteiger partial charge in [0.2, 0.25) is 0 Å². The van der Waals surface area contributed by atoms with Crippen molar-refractivity contribution in [3.05, 3.63) is 0 Å². The molecule has 0 saturated heterocycles. The minimum Gasteiger partial charge on any atom is -0.206 e. The smallest absolute Gasteiger partial charge is 0.206 e. The van der Waals surface area contributed by atoms with Crippen molar-refractivity contribution in [2.75, 3.05) is 0 Å². The van der Waals surface area contributed by atoms with Crippen LogP contribution in [0.15, 0.2) is 0 Å². The minimum absolute atomic E-state index is 0.0949. The first kappa shape index (κ1) is 7.01. The molecule has 10 heavy (non-hydrogen) atoms. The van der Waals surface area contributed by atoms with Gasteiger partial charge in [0, 0.05) is 16.7 Å². The Morgan fingerprint density at radius 2 is 1.90 bits per heavy atom. The van der Waals surface area contributed by atoms with E-state index in [-0.39, 0.29) is 11.2 Å². The molecule has 0 N–H and O–H groups in total. The number of halogens is 3. The van der Waals surface area contributed by atoms with E-state index in [9.17, 15) is 8.78 Å². The van der Waals surface area contributed by atoms with E-state index >= 15 is 0 Å². The molecule has 1 spiro atoms. The molecule has 3 heteroatoms. The number of hydrogen-bond acceptors (Lipinski definition) is 0. The monoisotopic (exact) mass is 210 g/mol. The third-order valence-corrected chi connectivity index (χ3v) is 4.03. The zero-order valence-corrected chi connectivity index (χ0v) is 7.13. The molecular formula is C7H9BrF2. The van der Waals surface area contributed by atoms with Crippen LogP contribution in [0.4, 0.5) is 8.78 Å². The van der Waals surface area contributed by atoms with E-state index in [2.05, 4.69) is 15.9 Å². The Balaban J connectivity index is 2.23. The van der Waals surface area contributed by atoms with Crippen molar-refractivity contribution in [1.29, 1.82) is 0 Å². The summed E-state index contributed by atoms with van der Waals surface area (Å²) in [7, 11) is 0. The summed E-state index contributed by atoms with van der Waals surface area (Å²) in [6, 6.07) is 0. The van der Waals surface area contributed by atoms with Gasteiger partial charge >= 0.3 is 0 Å². The molecule has 0 heterocycles. The lowest BCUT2D eigenvalue weighted by atomic mass is 10.0. The maximum atomic E-state index is 13.0. The fraction of sp³-hybridized carbons (Fsp3) is 1.00. The Bertz CT molecular complexity index is 169. The van der Waals surface area contributed by atoms with E-state index in [0.29, 0.717) is 12.8 Å². The van der Waals surface area contributed by atoms with Crippen molar-refractivity contribution < 1.29 is 8.78 Å². The summed E-state index contributed by atoms with van der Waals surface area (Å²) < 4.78 is 26.0. The Labute approximate surface area is 67.1 Å². The van der Waals surface area contributed by atoms with E-state index in [1.807, 2.05) is 0 Å². The summed E-state index contributed by atoms with van der Waals surface area (Å²) in [4.78, 5) is 0.0949. The molecule has 0 aliphatic heterocycles. The average molecular weight is 211 g/mol. The van der Waals surface area contributed by atoms with Gasteiger partial charge in [0.05, 0.1) is 0 Å². The molecule has 2 rings (SSSR count). The van der Waals surface area contributed by atoms with Crippen LogP contribution in [0, 0.1) is 5.41 Å². The largest absolute Gasteiger partial charge is 0.254 e. The highest BCUT2D eigenvalue weighted by Gasteiger charge is 2.70. The molecule has 2 aliphatic rings. The van der Waals surface area contributed by atoms with Crippen LogP contribution in [0.2, 0.25) is 0 Å². The second-order valence-corrected chi connectivity index (χ2v) is 4.49. The molecule has 2 fully saturated rings. The van der Waals surface area contributed by atoms with Gasteiger partial charge in [-0.3, -0.25) is 0 Å². The summed E-state index contributed by atoms with van der Waals surface area (Å²) in [6.07, 6.45) is 2.21. The van der Waals surface area contributed by atoms with Crippen molar-refractivity contribution in [3.63, 3.8) is 0 Å². The highest BCUT2D eigenvalue weighted by atomic mass is 79.9. The maximum Gasteiger partial charge on any atom is 0.254 e. The van der Waals surface area contributed by atoms with Crippen molar-refractivity contribution in [2.24, 2.45) is 5.41 Å². The molecule has 2 atom stereocenters. The first-order chi connectivity index (χ1) is 4.58. The minimum atomic E-state index is -2.37. The van der Waals surface area contributed by atoms with Crippen molar-refractivity contribution in [2.45, 2.75) is 36.4 Å². The topological polar surface area (TPSA) is 0 Å². The number of hydrogen-bond donors (Lipinski definition) is 0. The summed E-state index contributed by atoms with van der Waals surface area (Å²) in [5.41, 5.74) is -0.618. The fourth-order valence-corrected chi connectivity index (χ4v) is 3.10. The van der Waals surface area contributed by atoms with Gasteiger partial charge in [0.1, 0.15) is 0 Å². The molecule has 2 saturated carbocycles. The van der Waals surface area contributed by atoms with Crippen molar-refractivity contribution in [3.8, 4) is 0 Å². The summed E-state index contributed by atoms with van der Waals surface area (Å²) in [6.45, 7) is 0. The maximum absolute atomic E-state index is 13.0. The number of alkyl halides is 3. The Morgan fingerprint density at radius 3 is 2.10 bits per heavy atom.